The van der Waals surface area contributed by atoms with Gasteiger partial charge in [0.2, 0.25) is 10.0 Å². The maximum absolute atomic E-state index is 13.4. The van der Waals surface area contributed by atoms with Crippen molar-refractivity contribution in [1.82, 2.24) is 0 Å². The van der Waals surface area contributed by atoms with E-state index in [1.807, 2.05) is 0 Å². The molecule has 1 amide bonds. The van der Waals surface area contributed by atoms with Gasteiger partial charge in [0.25, 0.3) is 5.91 Å². The van der Waals surface area contributed by atoms with Crippen LogP contribution in [0.15, 0.2) is 65.6 Å². The average molecular weight is 499 g/mol. The van der Waals surface area contributed by atoms with E-state index in [0.717, 1.165) is 6.07 Å². The van der Waals surface area contributed by atoms with Crippen LogP contribution in [0.25, 0.3) is 11.1 Å². The van der Waals surface area contributed by atoms with Crippen LogP contribution in [0.1, 0.15) is 21.5 Å². The van der Waals surface area contributed by atoms with E-state index in [2.05, 4.69) is 5.32 Å². The first-order valence-corrected chi connectivity index (χ1v) is 11.4. The van der Waals surface area contributed by atoms with Crippen molar-refractivity contribution in [2.24, 2.45) is 5.14 Å². The molecule has 174 valence electrons. The molecule has 3 rings (SSSR count). The van der Waals surface area contributed by atoms with Crippen LogP contribution in [0.3, 0.4) is 0 Å². The van der Waals surface area contributed by atoms with E-state index in [1.165, 1.54) is 61.7 Å². The first-order valence-electron chi connectivity index (χ1n) is 9.33. The summed E-state index contributed by atoms with van der Waals surface area (Å²) < 4.78 is 68.5. The number of nitrogens with two attached hydrogens (primary N) is 1. The summed E-state index contributed by atoms with van der Waals surface area (Å²) in [4.78, 5) is 12.5. The molecule has 6 nitrogen and oxygen atoms in total. The van der Waals surface area contributed by atoms with Gasteiger partial charge in [0, 0.05) is 23.2 Å². The van der Waals surface area contributed by atoms with Crippen LogP contribution in [0.4, 0.5) is 18.9 Å². The Morgan fingerprint density at radius 2 is 1.76 bits per heavy atom. The number of halogens is 4. The molecule has 0 radical (unpaired) electrons. The summed E-state index contributed by atoms with van der Waals surface area (Å²) in [6.45, 7) is 0. The number of carbonyl (C=O) groups excluding carboxylic acids is 1. The van der Waals surface area contributed by atoms with E-state index < -0.39 is 27.7 Å². The summed E-state index contributed by atoms with van der Waals surface area (Å²) in [6.07, 6.45) is -4.56. The number of rotatable bonds is 6. The van der Waals surface area contributed by atoms with Crippen LogP contribution in [-0.4, -0.2) is 21.4 Å². The van der Waals surface area contributed by atoms with E-state index in [0.29, 0.717) is 5.56 Å². The van der Waals surface area contributed by atoms with Gasteiger partial charge in [0.15, 0.2) is 0 Å². The van der Waals surface area contributed by atoms with Gasteiger partial charge in [0.1, 0.15) is 10.6 Å². The lowest BCUT2D eigenvalue weighted by Crippen LogP contribution is -2.15. The summed E-state index contributed by atoms with van der Waals surface area (Å²) in [5.41, 5.74) is 0.111. The lowest BCUT2D eigenvalue weighted by Gasteiger charge is -2.16. The van der Waals surface area contributed by atoms with Crippen LogP contribution < -0.4 is 15.2 Å². The van der Waals surface area contributed by atoms with Gasteiger partial charge in [-0.05, 0) is 47.0 Å². The molecular weight excluding hydrogens is 481 g/mol. The number of hydrogen-bond acceptors (Lipinski definition) is 4. The van der Waals surface area contributed by atoms with Crippen molar-refractivity contribution < 1.29 is 31.1 Å². The second kappa shape index (κ2) is 9.42. The minimum absolute atomic E-state index is 0.0454. The SMILES string of the molecule is COc1cc(NC(=O)c2ccc(-c3ccccc3C(F)(F)F)c(CCl)c2)ccc1S(N)(=O)=O. The second-order valence-corrected chi connectivity index (χ2v) is 8.71. The Morgan fingerprint density at radius 3 is 2.36 bits per heavy atom. The first-order chi connectivity index (χ1) is 15.5. The molecule has 33 heavy (non-hydrogen) atoms. The van der Waals surface area contributed by atoms with E-state index in [4.69, 9.17) is 21.5 Å². The molecule has 3 aromatic carbocycles. The number of hydrogen-bond donors (Lipinski definition) is 2. The predicted molar refractivity (Wildman–Crippen MR) is 119 cm³/mol. The quantitative estimate of drug-likeness (QED) is 0.466. The standard InChI is InChI=1S/C22H18ClF3N2O4S/c1-32-19-11-15(7-9-20(19)33(27,30)31)28-21(29)13-6-8-16(14(10-13)12-23)17-4-2-3-5-18(17)22(24,25)26/h2-11H,12H2,1H3,(H,28,29)(H2,27,30,31). The number of nitrogens with one attached hydrogen (secondary N) is 1. The molecule has 11 heteroatoms. The summed E-state index contributed by atoms with van der Waals surface area (Å²) in [5.74, 6) is -0.766. The van der Waals surface area contributed by atoms with Gasteiger partial charge < -0.3 is 10.1 Å². The molecule has 3 aromatic rings. The number of carbonyl (C=O) groups is 1. The fourth-order valence-electron chi connectivity index (χ4n) is 3.26. The molecule has 0 saturated heterocycles. The van der Waals surface area contributed by atoms with Gasteiger partial charge in [0.05, 0.1) is 12.7 Å². The maximum atomic E-state index is 13.4. The number of alkyl halides is 4. The van der Waals surface area contributed by atoms with Gasteiger partial charge in [-0.25, -0.2) is 13.6 Å². The topological polar surface area (TPSA) is 98.5 Å². The van der Waals surface area contributed by atoms with Gasteiger partial charge in [-0.3, -0.25) is 4.79 Å². The Bertz CT molecular complexity index is 1310. The molecule has 0 aliphatic heterocycles. The van der Waals surface area contributed by atoms with Crippen molar-refractivity contribution >= 4 is 33.2 Å². The van der Waals surface area contributed by atoms with Crippen molar-refractivity contribution in [3.63, 3.8) is 0 Å². The van der Waals surface area contributed by atoms with Crippen molar-refractivity contribution in [2.75, 3.05) is 12.4 Å². The lowest BCUT2D eigenvalue weighted by molar-refractivity contribution is -0.137. The monoisotopic (exact) mass is 498 g/mol. The summed E-state index contributed by atoms with van der Waals surface area (Å²) >= 11 is 5.99. The Labute approximate surface area is 193 Å². The van der Waals surface area contributed by atoms with E-state index >= 15 is 0 Å². The molecular formula is C22H18ClF3N2O4S. The number of primary sulfonamides is 1. The normalized spacial score (nSPS) is 11.8. The highest BCUT2D eigenvalue weighted by molar-refractivity contribution is 7.89. The zero-order valence-corrected chi connectivity index (χ0v) is 18.7. The highest BCUT2D eigenvalue weighted by Crippen LogP contribution is 2.38. The highest BCUT2D eigenvalue weighted by Gasteiger charge is 2.33. The van der Waals surface area contributed by atoms with Crippen LogP contribution in [0.5, 0.6) is 5.75 Å². The van der Waals surface area contributed by atoms with Gasteiger partial charge in [-0.1, -0.05) is 24.3 Å². The zero-order valence-electron chi connectivity index (χ0n) is 17.1. The van der Waals surface area contributed by atoms with Crippen molar-refractivity contribution in [2.45, 2.75) is 17.0 Å². The molecule has 0 spiro atoms. The Morgan fingerprint density at radius 1 is 1.06 bits per heavy atom. The number of ether oxygens (including phenoxy) is 1. The Balaban J connectivity index is 1.94. The second-order valence-electron chi connectivity index (χ2n) is 6.91. The Hall–Kier alpha value is -3.08. The summed E-state index contributed by atoms with van der Waals surface area (Å²) in [6, 6.07) is 13.1. The number of amides is 1. The van der Waals surface area contributed by atoms with Crippen LogP contribution in [0.2, 0.25) is 0 Å². The fourth-order valence-corrected chi connectivity index (χ4v) is 4.16. The highest BCUT2D eigenvalue weighted by atomic mass is 35.5. The zero-order chi connectivity index (χ0) is 24.4. The predicted octanol–water partition coefficient (Wildman–Crippen LogP) is 5.02. The third-order valence-electron chi connectivity index (χ3n) is 4.76. The van der Waals surface area contributed by atoms with E-state index in [9.17, 15) is 26.4 Å². The molecule has 0 aliphatic carbocycles. The summed E-state index contributed by atoms with van der Waals surface area (Å²) in [7, 11) is -2.78. The van der Waals surface area contributed by atoms with Crippen molar-refractivity contribution in [3.8, 4) is 16.9 Å². The van der Waals surface area contributed by atoms with Crippen LogP contribution in [0, 0.1) is 0 Å². The Kier molecular flexibility index (Phi) is 7.01. The molecule has 0 atom stereocenters. The third kappa shape index (κ3) is 5.47. The van der Waals surface area contributed by atoms with Crippen molar-refractivity contribution in [1.29, 1.82) is 0 Å². The van der Waals surface area contributed by atoms with Gasteiger partial charge in [-0.15, -0.1) is 11.6 Å². The van der Waals surface area contributed by atoms with E-state index in [-0.39, 0.29) is 38.9 Å². The molecule has 0 unspecified atom stereocenters. The molecule has 0 bridgehead atoms. The van der Waals surface area contributed by atoms with Crippen LogP contribution >= 0.6 is 11.6 Å². The number of benzene rings is 3. The molecule has 0 aliphatic rings. The fraction of sp³-hybridized carbons (Fsp3) is 0.136. The first kappa shape index (κ1) is 24.6. The maximum Gasteiger partial charge on any atom is 0.417 e. The molecule has 0 fully saturated rings. The number of sulfonamides is 1. The average Bonchev–Trinajstić information content (AvgIpc) is 2.77. The molecule has 0 aromatic heterocycles. The lowest BCUT2D eigenvalue weighted by atomic mass is 9.94. The number of methoxy groups -OCH3 is 1. The van der Waals surface area contributed by atoms with Gasteiger partial charge >= 0.3 is 6.18 Å². The van der Waals surface area contributed by atoms with Crippen molar-refractivity contribution in [3.05, 3.63) is 77.4 Å². The van der Waals surface area contributed by atoms with Crippen LogP contribution in [-0.2, 0) is 22.1 Å². The molecule has 0 heterocycles. The minimum Gasteiger partial charge on any atom is -0.495 e. The van der Waals surface area contributed by atoms with E-state index in [1.54, 1.807) is 0 Å². The third-order valence-corrected chi connectivity index (χ3v) is 6.00. The molecule has 3 N–H and O–H groups in total. The molecule has 0 saturated carbocycles. The van der Waals surface area contributed by atoms with Gasteiger partial charge in [-0.2, -0.15) is 13.2 Å². The minimum atomic E-state index is -4.56. The smallest absolute Gasteiger partial charge is 0.417 e. The largest absolute Gasteiger partial charge is 0.495 e. The summed E-state index contributed by atoms with van der Waals surface area (Å²) in [5, 5.41) is 7.71. The number of anilines is 1.